The van der Waals surface area contributed by atoms with Crippen LogP contribution in [0.5, 0.6) is 0 Å². The van der Waals surface area contributed by atoms with Crippen molar-refractivity contribution in [3.63, 3.8) is 0 Å². The van der Waals surface area contributed by atoms with E-state index in [-0.39, 0.29) is 19.4 Å². The molecule has 0 N–H and O–H groups in total. The highest BCUT2D eigenvalue weighted by molar-refractivity contribution is 5.76. The number of amides is 1. The Morgan fingerprint density at radius 3 is 2.18 bits per heavy atom. The van der Waals surface area contributed by atoms with Crippen molar-refractivity contribution >= 4 is 11.9 Å². The minimum Gasteiger partial charge on any atom is -0.457 e. The Morgan fingerprint density at radius 1 is 1.11 bits per heavy atom. The first-order valence-electron chi connectivity index (χ1n) is 7.61. The van der Waals surface area contributed by atoms with Gasteiger partial charge in [0.1, 0.15) is 18.0 Å². The molecule has 0 saturated carbocycles. The van der Waals surface area contributed by atoms with Gasteiger partial charge in [-0.05, 0) is 16.6 Å². The number of esters is 1. The molecule has 0 atom stereocenters. The van der Waals surface area contributed by atoms with E-state index >= 15 is 0 Å². The Kier molecular flexibility index (Phi) is 8.99. The second kappa shape index (κ2) is 11.5. The van der Waals surface area contributed by atoms with Gasteiger partial charge in [0.25, 0.3) is 5.91 Å². The molecular formula is C12H14N12O4. The summed E-state index contributed by atoms with van der Waals surface area (Å²) in [5.74, 6) is -1.34. The van der Waals surface area contributed by atoms with Gasteiger partial charge in [-0.3, -0.25) is 9.59 Å². The average Bonchev–Trinajstić information content (AvgIpc) is 3.13. The number of ether oxygens (including phenoxy) is 1. The van der Waals surface area contributed by atoms with Crippen LogP contribution in [0, 0.1) is 4.91 Å². The molecule has 0 saturated heterocycles. The van der Waals surface area contributed by atoms with Crippen LogP contribution in [-0.2, 0) is 27.3 Å². The van der Waals surface area contributed by atoms with Crippen molar-refractivity contribution in [2.45, 2.75) is 25.0 Å². The lowest BCUT2D eigenvalue weighted by Crippen LogP contribution is -2.45. The zero-order chi connectivity index (χ0) is 20.8. The number of carbonyl (C=O) groups is 2. The fourth-order valence-electron chi connectivity index (χ4n) is 2.12. The van der Waals surface area contributed by atoms with Crippen molar-refractivity contribution in [3.8, 4) is 0 Å². The molecule has 1 heterocycles. The summed E-state index contributed by atoms with van der Waals surface area (Å²) < 4.78 is 6.68. The molecule has 0 aliphatic heterocycles. The number of hydrogen-bond donors (Lipinski definition) is 0. The van der Waals surface area contributed by atoms with E-state index < -0.39 is 37.1 Å². The molecule has 0 spiro atoms. The number of rotatable bonds is 12. The van der Waals surface area contributed by atoms with Crippen molar-refractivity contribution < 1.29 is 14.3 Å². The maximum absolute atomic E-state index is 12.4. The van der Waals surface area contributed by atoms with Gasteiger partial charge in [-0.15, -0.1) is 4.91 Å². The molecule has 0 radical (unpaired) electrons. The van der Waals surface area contributed by atoms with Crippen LogP contribution >= 0.6 is 0 Å². The third-order valence-corrected chi connectivity index (χ3v) is 3.36. The Labute approximate surface area is 156 Å². The standard InChI is InChI=1S/C12H14N12O4/c13-21-17-6-12(7-18-22-14,8-19-23-15)28-11(26)5-24-4-3-16-9(24)1-2-10(25)20-27/h3-4H,1-2,5-8H2. The fraction of sp³-hybridized carbons (Fsp3) is 0.583. The van der Waals surface area contributed by atoms with Crippen LogP contribution in [0.3, 0.4) is 0 Å². The molecule has 1 aromatic rings. The molecule has 1 amide bonds. The summed E-state index contributed by atoms with van der Waals surface area (Å²) in [5.41, 5.74) is 23.9. The normalized spacial score (nSPS) is 11.7. The zero-order valence-electron chi connectivity index (χ0n) is 14.4. The van der Waals surface area contributed by atoms with E-state index in [1.54, 1.807) is 0 Å². The molecular weight excluding hydrogens is 376 g/mol. The second-order valence-corrected chi connectivity index (χ2v) is 5.28. The molecule has 0 fully saturated rings. The quantitative estimate of drug-likeness (QED) is 0.171. The van der Waals surface area contributed by atoms with Crippen molar-refractivity contribution in [1.82, 2.24) is 9.55 Å². The third kappa shape index (κ3) is 7.01. The highest BCUT2D eigenvalue weighted by atomic mass is 16.6. The average molecular weight is 390 g/mol. The minimum absolute atomic E-state index is 0.0756. The van der Waals surface area contributed by atoms with E-state index in [4.69, 9.17) is 21.3 Å². The van der Waals surface area contributed by atoms with Gasteiger partial charge in [-0.1, -0.05) is 15.3 Å². The molecule has 0 aliphatic carbocycles. The molecule has 28 heavy (non-hydrogen) atoms. The fourth-order valence-corrected chi connectivity index (χ4v) is 2.12. The lowest BCUT2D eigenvalue weighted by molar-refractivity contribution is -0.157. The number of nitrogens with zero attached hydrogens (tertiary/aromatic N) is 12. The van der Waals surface area contributed by atoms with Crippen LogP contribution < -0.4 is 0 Å². The van der Waals surface area contributed by atoms with Gasteiger partial charge in [-0.2, -0.15) is 0 Å². The maximum Gasteiger partial charge on any atom is 0.326 e. The lowest BCUT2D eigenvalue weighted by Gasteiger charge is -2.29. The SMILES string of the molecule is [N-]=[N+]=NCC(CN=[N+]=[N-])(CN=[N+]=[N-])OC(=O)Cn1ccnc1CCC(=O)N=O. The number of azide groups is 3. The highest BCUT2D eigenvalue weighted by Crippen LogP contribution is 2.16. The number of hydrogen-bond acceptors (Lipinski definition) is 8. The Hall–Kier alpha value is -4.12. The van der Waals surface area contributed by atoms with E-state index in [1.807, 2.05) is 0 Å². The van der Waals surface area contributed by atoms with Crippen LogP contribution in [-0.4, -0.2) is 46.7 Å². The largest absolute Gasteiger partial charge is 0.457 e. The van der Waals surface area contributed by atoms with Gasteiger partial charge in [0.05, 0.1) is 19.6 Å². The van der Waals surface area contributed by atoms with Gasteiger partial charge in [0.15, 0.2) is 0 Å². The van der Waals surface area contributed by atoms with Crippen molar-refractivity contribution in [2.24, 2.45) is 20.5 Å². The predicted octanol–water partition coefficient (Wildman–Crippen LogP) is 2.32. The van der Waals surface area contributed by atoms with Crippen LogP contribution in [0.2, 0.25) is 0 Å². The number of carbonyl (C=O) groups excluding carboxylic acids is 2. The molecule has 0 aliphatic rings. The summed E-state index contributed by atoms with van der Waals surface area (Å²) in [6.45, 7) is -1.63. The van der Waals surface area contributed by atoms with Crippen LogP contribution in [0.1, 0.15) is 12.2 Å². The van der Waals surface area contributed by atoms with Gasteiger partial charge in [0, 0.05) is 45.1 Å². The van der Waals surface area contributed by atoms with Crippen LogP contribution in [0.4, 0.5) is 0 Å². The Morgan fingerprint density at radius 2 is 1.68 bits per heavy atom. The minimum atomic E-state index is -1.65. The first kappa shape index (κ1) is 21.9. The monoisotopic (exact) mass is 390 g/mol. The molecule has 0 aromatic carbocycles. The van der Waals surface area contributed by atoms with E-state index in [2.05, 4.69) is 40.2 Å². The molecule has 1 rings (SSSR count). The molecule has 16 nitrogen and oxygen atoms in total. The van der Waals surface area contributed by atoms with Gasteiger partial charge in [0.2, 0.25) is 0 Å². The summed E-state index contributed by atoms with van der Waals surface area (Å²) in [4.78, 5) is 45.2. The molecule has 0 bridgehead atoms. The maximum atomic E-state index is 12.4. The first-order valence-corrected chi connectivity index (χ1v) is 7.61. The van der Waals surface area contributed by atoms with Gasteiger partial charge >= 0.3 is 5.97 Å². The number of nitroso groups, excluding NO2 is 1. The number of aromatic nitrogens is 2. The first-order chi connectivity index (χ1) is 13.5. The molecule has 0 unspecified atom stereocenters. The summed E-state index contributed by atoms with van der Waals surface area (Å²) in [6, 6.07) is 0. The third-order valence-electron chi connectivity index (χ3n) is 3.36. The smallest absolute Gasteiger partial charge is 0.326 e. The second-order valence-electron chi connectivity index (χ2n) is 5.28. The predicted molar refractivity (Wildman–Crippen MR) is 92.2 cm³/mol. The molecule has 1 aromatic heterocycles. The van der Waals surface area contributed by atoms with Crippen molar-refractivity contribution in [1.29, 1.82) is 0 Å². The number of imidazole rings is 1. The van der Waals surface area contributed by atoms with Crippen molar-refractivity contribution in [2.75, 3.05) is 19.6 Å². The summed E-state index contributed by atoms with van der Waals surface area (Å²) in [6.07, 6.45) is 2.73. The van der Waals surface area contributed by atoms with E-state index in [0.717, 1.165) is 0 Å². The lowest BCUT2D eigenvalue weighted by atomic mass is 10.1. The van der Waals surface area contributed by atoms with Gasteiger partial charge in [-0.25, -0.2) is 4.98 Å². The van der Waals surface area contributed by atoms with Crippen LogP contribution in [0.15, 0.2) is 32.9 Å². The summed E-state index contributed by atoms with van der Waals surface area (Å²) in [7, 11) is 0. The zero-order valence-corrected chi connectivity index (χ0v) is 14.4. The highest BCUT2D eigenvalue weighted by Gasteiger charge is 2.33. The van der Waals surface area contributed by atoms with E-state index in [9.17, 15) is 14.5 Å². The molecule has 146 valence electrons. The topological polar surface area (TPSA) is 237 Å². The number of aryl methyl sites for hydroxylation is 1. The van der Waals surface area contributed by atoms with Gasteiger partial charge < -0.3 is 9.30 Å². The molecule has 16 heteroatoms. The Balaban J connectivity index is 2.95. The van der Waals surface area contributed by atoms with E-state index in [0.29, 0.717) is 5.82 Å². The van der Waals surface area contributed by atoms with E-state index in [1.165, 1.54) is 17.0 Å². The van der Waals surface area contributed by atoms with Crippen LogP contribution in [0.25, 0.3) is 31.3 Å². The Bertz CT molecular complexity index is 809. The van der Waals surface area contributed by atoms with Crippen molar-refractivity contribution in [3.05, 3.63) is 54.5 Å². The summed E-state index contributed by atoms with van der Waals surface area (Å²) >= 11 is 0. The summed E-state index contributed by atoms with van der Waals surface area (Å²) in [5, 5.41) is 12.2.